The Morgan fingerprint density at radius 1 is 1.67 bits per heavy atom. The van der Waals surface area contributed by atoms with Crippen LogP contribution in [0.5, 0.6) is 0 Å². The minimum absolute atomic E-state index is 0.0310. The lowest BCUT2D eigenvalue weighted by Crippen LogP contribution is -2.51. The van der Waals surface area contributed by atoms with E-state index < -0.39 is 5.97 Å². The van der Waals surface area contributed by atoms with Gasteiger partial charge >= 0.3 is 5.97 Å². The molecule has 6 nitrogen and oxygen atoms in total. The molecule has 1 fully saturated rings. The zero-order valence-electron chi connectivity index (χ0n) is 9.28. The number of hydrogen-bond donors (Lipinski definition) is 1. The summed E-state index contributed by atoms with van der Waals surface area (Å²) < 4.78 is 5.05. The van der Waals surface area contributed by atoms with Gasteiger partial charge in [-0.1, -0.05) is 0 Å². The van der Waals surface area contributed by atoms with Gasteiger partial charge in [-0.05, 0) is 6.08 Å². The summed E-state index contributed by atoms with van der Waals surface area (Å²) in [5.41, 5.74) is 1.14. The number of aliphatic carboxylic acids is 1. The standard InChI is InChI=1S/C11H8N2O4S/c1-5-12-6(3-17-5)2-7-9(14)13-8(11(15)16)4-18-10(7)13/h2-4,10H,1H3,(H,15,16)/t10-/m1/s1. The van der Waals surface area contributed by atoms with E-state index in [1.165, 1.54) is 28.3 Å². The van der Waals surface area contributed by atoms with Gasteiger partial charge in [-0.2, -0.15) is 0 Å². The minimum Gasteiger partial charge on any atom is -0.477 e. The van der Waals surface area contributed by atoms with Crippen LogP contribution in [0.2, 0.25) is 0 Å². The number of fused-ring (bicyclic) bond motifs is 1. The van der Waals surface area contributed by atoms with Crippen LogP contribution in [0.4, 0.5) is 0 Å². The first-order chi connectivity index (χ1) is 8.58. The molecule has 0 bridgehead atoms. The van der Waals surface area contributed by atoms with Crippen LogP contribution in [0.1, 0.15) is 11.6 Å². The largest absolute Gasteiger partial charge is 0.477 e. The maximum Gasteiger partial charge on any atom is 0.353 e. The highest BCUT2D eigenvalue weighted by Gasteiger charge is 2.49. The number of oxazole rings is 1. The lowest BCUT2D eigenvalue weighted by atomic mass is 10.0. The average Bonchev–Trinajstić information content (AvgIpc) is 2.89. The van der Waals surface area contributed by atoms with Gasteiger partial charge in [-0.25, -0.2) is 9.78 Å². The van der Waals surface area contributed by atoms with Gasteiger partial charge in [0.2, 0.25) is 0 Å². The molecule has 1 aromatic heterocycles. The van der Waals surface area contributed by atoms with Crippen molar-refractivity contribution >= 4 is 29.7 Å². The smallest absolute Gasteiger partial charge is 0.353 e. The molecule has 7 heteroatoms. The number of rotatable bonds is 2. The summed E-state index contributed by atoms with van der Waals surface area (Å²) >= 11 is 1.30. The lowest BCUT2D eigenvalue weighted by Gasteiger charge is -2.36. The Morgan fingerprint density at radius 3 is 3.06 bits per heavy atom. The van der Waals surface area contributed by atoms with Crippen LogP contribution < -0.4 is 0 Å². The Bertz CT molecular complexity index is 616. The molecular weight excluding hydrogens is 256 g/mol. The molecule has 1 N–H and O–H groups in total. The first-order valence-corrected chi connectivity index (χ1v) is 6.08. The van der Waals surface area contributed by atoms with E-state index in [2.05, 4.69) is 4.98 Å². The monoisotopic (exact) mass is 264 g/mol. The molecule has 3 heterocycles. The van der Waals surface area contributed by atoms with Gasteiger partial charge in [0.1, 0.15) is 23.0 Å². The van der Waals surface area contributed by atoms with Gasteiger partial charge in [0.05, 0.1) is 5.57 Å². The van der Waals surface area contributed by atoms with Gasteiger partial charge in [-0.15, -0.1) is 11.8 Å². The summed E-state index contributed by atoms with van der Waals surface area (Å²) in [6, 6.07) is 0. The van der Waals surface area contributed by atoms with Crippen LogP contribution >= 0.6 is 11.8 Å². The third-order valence-corrected chi connectivity index (χ3v) is 3.78. The lowest BCUT2D eigenvalue weighted by molar-refractivity contribution is -0.141. The van der Waals surface area contributed by atoms with E-state index in [1.54, 1.807) is 13.0 Å². The molecule has 3 rings (SSSR count). The third-order valence-electron chi connectivity index (χ3n) is 2.69. The van der Waals surface area contributed by atoms with Crippen LogP contribution in [0.25, 0.3) is 6.08 Å². The fourth-order valence-corrected chi connectivity index (χ4v) is 2.99. The first kappa shape index (κ1) is 11.1. The Morgan fingerprint density at radius 2 is 2.44 bits per heavy atom. The highest BCUT2D eigenvalue weighted by atomic mass is 32.2. The number of nitrogens with zero attached hydrogens (tertiary/aromatic N) is 2. The highest BCUT2D eigenvalue weighted by molar-refractivity contribution is 8.03. The fourth-order valence-electron chi connectivity index (χ4n) is 1.87. The molecule has 0 saturated carbocycles. The summed E-state index contributed by atoms with van der Waals surface area (Å²) in [7, 11) is 0. The van der Waals surface area contributed by atoms with Gasteiger partial charge in [0, 0.05) is 12.3 Å². The van der Waals surface area contributed by atoms with Gasteiger partial charge in [-0.3, -0.25) is 9.69 Å². The van der Waals surface area contributed by atoms with Crippen molar-refractivity contribution in [1.82, 2.24) is 9.88 Å². The highest BCUT2D eigenvalue weighted by Crippen LogP contribution is 2.44. The van der Waals surface area contributed by atoms with Crippen molar-refractivity contribution in [3.8, 4) is 0 Å². The van der Waals surface area contributed by atoms with E-state index in [0.717, 1.165) is 0 Å². The van der Waals surface area contributed by atoms with E-state index in [0.29, 0.717) is 17.2 Å². The number of carboxylic acids is 1. The van der Waals surface area contributed by atoms with E-state index in [-0.39, 0.29) is 17.0 Å². The number of aryl methyl sites for hydroxylation is 1. The Kier molecular flexibility index (Phi) is 2.30. The molecule has 1 aromatic rings. The van der Waals surface area contributed by atoms with E-state index >= 15 is 0 Å². The molecule has 0 aromatic carbocycles. The Hall–Kier alpha value is -2.02. The molecule has 1 atom stereocenters. The molecule has 0 radical (unpaired) electrons. The van der Waals surface area contributed by atoms with E-state index in [4.69, 9.17) is 9.52 Å². The van der Waals surface area contributed by atoms with Gasteiger partial charge in [0.25, 0.3) is 5.91 Å². The molecule has 1 amide bonds. The Labute approximate surface area is 106 Å². The molecule has 0 unspecified atom stereocenters. The number of aromatic nitrogens is 1. The normalized spacial score (nSPS) is 23.9. The first-order valence-electron chi connectivity index (χ1n) is 5.14. The summed E-state index contributed by atoms with van der Waals surface area (Å²) in [5, 5.41) is 10.1. The van der Waals surface area contributed by atoms with Gasteiger partial charge in [0.15, 0.2) is 5.89 Å². The number of β-lactam (4-membered cyclic amide) rings is 1. The van der Waals surface area contributed by atoms with Crippen LogP contribution in [-0.4, -0.2) is 32.2 Å². The molecule has 92 valence electrons. The number of hydrogen-bond acceptors (Lipinski definition) is 5. The van der Waals surface area contributed by atoms with Crippen molar-refractivity contribution in [2.75, 3.05) is 0 Å². The fraction of sp³-hybridized carbons (Fsp3) is 0.182. The molecule has 18 heavy (non-hydrogen) atoms. The second-order valence-corrected chi connectivity index (χ2v) is 4.82. The summed E-state index contributed by atoms with van der Waals surface area (Å²) in [5.74, 6) is -0.858. The van der Waals surface area contributed by atoms with Crippen molar-refractivity contribution in [2.45, 2.75) is 12.3 Å². The van der Waals surface area contributed by atoms with Crippen LogP contribution in [0, 0.1) is 6.92 Å². The molecular formula is C11H8N2O4S. The van der Waals surface area contributed by atoms with Gasteiger partial charge < -0.3 is 9.52 Å². The molecule has 1 saturated heterocycles. The Balaban J connectivity index is 1.86. The SMILES string of the molecule is Cc1nc(C=C2C(=O)N3C(C(=O)O)=CS[C@H]23)co1. The van der Waals surface area contributed by atoms with E-state index in [1.807, 2.05) is 0 Å². The summed E-state index contributed by atoms with van der Waals surface area (Å²) in [6.07, 6.45) is 3.09. The topological polar surface area (TPSA) is 83.6 Å². The number of carbonyl (C=O) groups is 2. The maximum atomic E-state index is 11.9. The second kappa shape index (κ2) is 3.74. The van der Waals surface area contributed by atoms with Crippen molar-refractivity contribution < 1.29 is 19.1 Å². The quantitative estimate of drug-likeness (QED) is 0.638. The van der Waals surface area contributed by atoms with Crippen LogP contribution in [0.15, 0.2) is 27.4 Å². The average molecular weight is 264 g/mol. The van der Waals surface area contributed by atoms with Crippen LogP contribution in [0.3, 0.4) is 0 Å². The van der Waals surface area contributed by atoms with Crippen molar-refractivity contribution in [2.24, 2.45) is 0 Å². The van der Waals surface area contributed by atoms with Crippen molar-refractivity contribution in [1.29, 1.82) is 0 Å². The number of carboxylic acid groups (broad SMARTS) is 1. The maximum absolute atomic E-state index is 11.9. The predicted molar refractivity (Wildman–Crippen MR) is 63.2 cm³/mol. The summed E-state index contributed by atoms with van der Waals surface area (Å²) in [4.78, 5) is 28.1. The predicted octanol–water partition coefficient (Wildman–Crippen LogP) is 1.21. The summed E-state index contributed by atoms with van der Waals surface area (Å²) in [6.45, 7) is 1.71. The third kappa shape index (κ3) is 1.47. The van der Waals surface area contributed by atoms with Crippen molar-refractivity contribution in [3.63, 3.8) is 0 Å². The molecule has 0 spiro atoms. The van der Waals surface area contributed by atoms with Crippen molar-refractivity contribution in [3.05, 3.63) is 34.5 Å². The molecule has 2 aliphatic rings. The van der Waals surface area contributed by atoms with Crippen LogP contribution in [-0.2, 0) is 9.59 Å². The number of thioether (sulfide) groups is 1. The molecule has 2 aliphatic heterocycles. The number of carbonyl (C=O) groups excluding carboxylic acids is 1. The zero-order chi connectivity index (χ0) is 12.9. The second-order valence-electron chi connectivity index (χ2n) is 3.86. The molecule has 0 aliphatic carbocycles. The number of amides is 1. The minimum atomic E-state index is -1.09. The zero-order valence-corrected chi connectivity index (χ0v) is 10.1. The van der Waals surface area contributed by atoms with E-state index in [9.17, 15) is 9.59 Å².